The van der Waals surface area contributed by atoms with E-state index in [1.807, 2.05) is 19.2 Å². The van der Waals surface area contributed by atoms with Crippen LogP contribution in [-0.2, 0) is 11.2 Å². The molecule has 0 aliphatic carbocycles. The van der Waals surface area contributed by atoms with Crippen molar-refractivity contribution in [3.05, 3.63) is 29.8 Å². The largest absolute Gasteiger partial charge is 0.344 e. The third kappa shape index (κ3) is 2.36. The summed E-state index contributed by atoms with van der Waals surface area (Å²) >= 11 is 7.30. The second-order valence-electron chi connectivity index (χ2n) is 3.87. The van der Waals surface area contributed by atoms with Gasteiger partial charge in [0.2, 0.25) is 5.91 Å². The summed E-state index contributed by atoms with van der Waals surface area (Å²) in [5.41, 5.74) is 1.28. The van der Waals surface area contributed by atoms with Crippen molar-refractivity contribution in [1.82, 2.24) is 4.90 Å². The Morgan fingerprint density at radius 2 is 2.31 bits per heavy atom. The molecule has 0 spiro atoms. The van der Waals surface area contributed by atoms with Crippen LogP contribution < -0.4 is 0 Å². The maximum absolute atomic E-state index is 12.1. The van der Waals surface area contributed by atoms with Crippen LogP contribution in [0.15, 0.2) is 29.2 Å². The van der Waals surface area contributed by atoms with E-state index in [-0.39, 0.29) is 11.2 Å². The van der Waals surface area contributed by atoms with E-state index in [2.05, 4.69) is 12.1 Å². The minimum absolute atomic E-state index is 0.0330. The predicted octanol–water partition coefficient (Wildman–Crippen LogP) is 2.40. The maximum atomic E-state index is 12.1. The number of benzene rings is 1. The fraction of sp³-hybridized carbons (Fsp3) is 0.417. The van der Waals surface area contributed by atoms with Gasteiger partial charge in [-0.2, -0.15) is 0 Å². The Bertz CT molecular complexity index is 371. The number of amides is 1. The predicted molar refractivity (Wildman–Crippen MR) is 68.1 cm³/mol. The zero-order valence-corrected chi connectivity index (χ0v) is 10.7. The highest BCUT2D eigenvalue weighted by atomic mass is 35.5. The van der Waals surface area contributed by atoms with Gasteiger partial charge in [-0.25, -0.2) is 0 Å². The van der Waals surface area contributed by atoms with Crippen LogP contribution in [0.2, 0.25) is 0 Å². The number of carbonyl (C=O) groups excluding carboxylic acids is 1. The van der Waals surface area contributed by atoms with Crippen molar-refractivity contribution < 1.29 is 4.79 Å². The van der Waals surface area contributed by atoms with E-state index in [1.165, 1.54) is 10.5 Å². The molecule has 1 unspecified atom stereocenters. The second kappa shape index (κ2) is 5.11. The molecule has 4 heteroatoms. The summed E-state index contributed by atoms with van der Waals surface area (Å²) in [4.78, 5) is 15.0. The molecule has 1 aromatic carbocycles. The first-order valence-electron chi connectivity index (χ1n) is 5.28. The molecule has 16 heavy (non-hydrogen) atoms. The first-order chi connectivity index (χ1) is 7.72. The number of halogens is 1. The van der Waals surface area contributed by atoms with Crippen LogP contribution >= 0.6 is 23.4 Å². The highest BCUT2D eigenvalue weighted by Crippen LogP contribution is 2.37. The average molecular weight is 256 g/mol. The smallest absolute Gasteiger partial charge is 0.236 e. The lowest BCUT2D eigenvalue weighted by molar-refractivity contribution is -0.129. The summed E-state index contributed by atoms with van der Waals surface area (Å²) in [6, 6.07) is 8.21. The van der Waals surface area contributed by atoms with Crippen molar-refractivity contribution in [2.45, 2.75) is 16.6 Å². The van der Waals surface area contributed by atoms with Crippen LogP contribution in [0.4, 0.5) is 0 Å². The van der Waals surface area contributed by atoms with Crippen molar-refractivity contribution in [3.63, 3.8) is 0 Å². The Balaban J connectivity index is 2.03. The SMILES string of the molecule is CN(CCCl)C(=O)C1Cc2ccccc2S1. The van der Waals surface area contributed by atoms with Crippen molar-refractivity contribution in [2.75, 3.05) is 19.5 Å². The summed E-state index contributed by atoms with van der Waals surface area (Å²) in [5.74, 6) is 0.675. The number of fused-ring (bicyclic) bond motifs is 1. The van der Waals surface area contributed by atoms with Crippen molar-refractivity contribution >= 4 is 29.3 Å². The van der Waals surface area contributed by atoms with E-state index in [4.69, 9.17) is 11.6 Å². The molecule has 0 N–H and O–H groups in total. The van der Waals surface area contributed by atoms with Gasteiger partial charge in [0.1, 0.15) is 0 Å². The standard InChI is InChI=1S/C12H14ClNOS/c1-14(7-6-13)12(15)11-8-9-4-2-3-5-10(9)16-11/h2-5,11H,6-8H2,1H3. The van der Waals surface area contributed by atoms with Gasteiger partial charge in [-0.1, -0.05) is 18.2 Å². The van der Waals surface area contributed by atoms with Crippen LogP contribution in [0.3, 0.4) is 0 Å². The molecule has 0 saturated carbocycles. The number of hydrogen-bond donors (Lipinski definition) is 0. The Morgan fingerprint density at radius 3 is 3.00 bits per heavy atom. The molecular weight excluding hydrogens is 242 g/mol. The summed E-state index contributed by atoms with van der Waals surface area (Å²) in [5, 5.41) is 0.0330. The van der Waals surface area contributed by atoms with E-state index >= 15 is 0 Å². The number of carbonyl (C=O) groups is 1. The van der Waals surface area contributed by atoms with Gasteiger partial charge >= 0.3 is 0 Å². The van der Waals surface area contributed by atoms with E-state index in [0.29, 0.717) is 12.4 Å². The second-order valence-corrected chi connectivity index (χ2v) is 5.49. The third-order valence-electron chi connectivity index (χ3n) is 2.72. The third-order valence-corrected chi connectivity index (χ3v) is 4.19. The molecule has 0 bridgehead atoms. The lowest BCUT2D eigenvalue weighted by Crippen LogP contribution is -2.35. The maximum Gasteiger partial charge on any atom is 0.236 e. The molecule has 1 aliphatic rings. The number of nitrogens with zero attached hydrogens (tertiary/aromatic N) is 1. The number of alkyl halides is 1. The molecule has 0 saturated heterocycles. The number of thioether (sulfide) groups is 1. The molecule has 2 nitrogen and oxygen atoms in total. The Kier molecular flexibility index (Phi) is 3.77. The van der Waals surface area contributed by atoms with Crippen molar-refractivity contribution in [2.24, 2.45) is 0 Å². The number of hydrogen-bond acceptors (Lipinski definition) is 2. The van der Waals surface area contributed by atoms with Crippen LogP contribution in [0.5, 0.6) is 0 Å². The highest BCUT2D eigenvalue weighted by Gasteiger charge is 2.29. The van der Waals surface area contributed by atoms with Gasteiger partial charge < -0.3 is 4.90 Å². The molecule has 1 aliphatic heterocycles. The summed E-state index contributed by atoms with van der Waals surface area (Å²) in [6.07, 6.45) is 0.840. The minimum atomic E-state index is 0.0330. The van der Waals surface area contributed by atoms with Gasteiger partial charge in [-0.15, -0.1) is 23.4 Å². The van der Waals surface area contributed by atoms with Crippen molar-refractivity contribution in [1.29, 1.82) is 0 Å². The Hall–Kier alpha value is -0.670. The average Bonchev–Trinajstić information content (AvgIpc) is 2.71. The normalized spacial score (nSPS) is 18.2. The Labute approximate surface area is 105 Å². The van der Waals surface area contributed by atoms with Gasteiger partial charge in [0.15, 0.2) is 0 Å². The van der Waals surface area contributed by atoms with Gasteiger partial charge in [-0.3, -0.25) is 4.79 Å². The van der Waals surface area contributed by atoms with Gasteiger partial charge in [0.05, 0.1) is 5.25 Å². The van der Waals surface area contributed by atoms with Crippen molar-refractivity contribution in [3.8, 4) is 0 Å². The molecule has 0 aromatic heterocycles. The van der Waals surface area contributed by atoms with Gasteiger partial charge in [-0.05, 0) is 18.1 Å². The Morgan fingerprint density at radius 1 is 1.56 bits per heavy atom. The van der Waals surface area contributed by atoms with Crippen LogP contribution in [0.25, 0.3) is 0 Å². The van der Waals surface area contributed by atoms with Crippen LogP contribution in [-0.4, -0.2) is 35.5 Å². The highest BCUT2D eigenvalue weighted by molar-refractivity contribution is 8.01. The fourth-order valence-electron chi connectivity index (χ4n) is 1.80. The molecular formula is C12H14ClNOS. The van der Waals surface area contributed by atoms with E-state index in [0.717, 1.165) is 6.42 Å². The van der Waals surface area contributed by atoms with Gasteiger partial charge in [0.25, 0.3) is 0 Å². The molecule has 1 heterocycles. The lowest BCUT2D eigenvalue weighted by atomic mass is 10.1. The first-order valence-corrected chi connectivity index (χ1v) is 6.69. The molecule has 1 aromatic rings. The summed E-state index contributed by atoms with van der Waals surface area (Å²) in [6.45, 7) is 0.619. The van der Waals surface area contributed by atoms with E-state index in [1.54, 1.807) is 16.7 Å². The van der Waals surface area contributed by atoms with Crippen LogP contribution in [0, 0.1) is 0 Å². The fourth-order valence-corrected chi connectivity index (χ4v) is 3.37. The topological polar surface area (TPSA) is 20.3 Å². The molecule has 86 valence electrons. The number of rotatable bonds is 3. The zero-order chi connectivity index (χ0) is 11.5. The van der Waals surface area contributed by atoms with Gasteiger partial charge in [0, 0.05) is 24.4 Å². The van der Waals surface area contributed by atoms with E-state index < -0.39 is 0 Å². The minimum Gasteiger partial charge on any atom is -0.344 e. The molecule has 2 rings (SSSR count). The zero-order valence-electron chi connectivity index (χ0n) is 9.15. The lowest BCUT2D eigenvalue weighted by Gasteiger charge is -2.19. The molecule has 0 radical (unpaired) electrons. The van der Waals surface area contributed by atoms with Crippen LogP contribution in [0.1, 0.15) is 5.56 Å². The molecule has 1 amide bonds. The van der Waals surface area contributed by atoms with E-state index in [9.17, 15) is 4.79 Å². The molecule has 0 fully saturated rings. The quantitative estimate of drug-likeness (QED) is 0.773. The first kappa shape index (κ1) is 11.8. The monoisotopic (exact) mass is 255 g/mol. The summed E-state index contributed by atoms with van der Waals surface area (Å²) < 4.78 is 0. The molecule has 1 atom stereocenters. The summed E-state index contributed by atoms with van der Waals surface area (Å²) in [7, 11) is 1.81.